The minimum Gasteiger partial charge on any atom is -0.406 e. The molecule has 1 fully saturated rings. The van der Waals surface area contributed by atoms with Gasteiger partial charge in [-0.25, -0.2) is 9.97 Å². The first-order valence-electron chi connectivity index (χ1n) is 13.4. The highest BCUT2D eigenvalue weighted by atomic mass is 32.2. The number of carbonyl (C=O) groups excluding carboxylic acids is 1. The standard InChI is InChI=1S/C31H25F3N6O2S/c1-18(2)23-10-4-19(3)14-27(23)40-28(41)16-43-30(40)38-36-15-20-5-11-24-25(37-20)12-13-26-29(24)35-17-39(26)21-6-8-22(9-7-21)42-31(32,33)34/h4-15,17-18H,16H2,1-3H3/b36-15+,38-30?. The number of benzene rings is 3. The van der Waals surface area contributed by atoms with Crippen molar-refractivity contribution in [2.45, 2.75) is 33.1 Å². The Morgan fingerprint density at radius 1 is 1.05 bits per heavy atom. The number of carbonyl (C=O) groups is 1. The molecule has 1 aliphatic heterocycles. The Hall–Kier alpha value is -4.71. The van der Waals surface area contributed by atoms with Crippen molar-refractivity contribution < 1.29 is 22.7 Å². The lowest BCUT2D eigenvalue weighted by Crippen LogP contribution is -2.30. The van der Waals surface area contributed by atoms with Gasteiger partial charge in [0, 0.05) is 11.1 Å². The maximum absolute atomic E-state index is 12.8. The number of amidine groups is 1. The van der Waals surface area contributed by atoms with Gasteiger partial charge in [0.05, 0.1) is 39.9 Å². The van der Waals surface area contributed by atoms with Gasteiger partial charge >= 0.3 is 6.36 Å². The molecule has 5 aromatic rings. The van der Waals surface area contributed by atoms with Crippen LogP contribution in [0.15, 0.2) is 83.3 Å². The maximum Gasteiger partial charge on any atom is 0.573 e. The van der Waals surface area contributed by atoms with E-state index in [0.29, 0.717) is 33.3 Å². The van der Waals surface area contributed by atoms with Crippen LogP contribution in [0.1, 0.15) is 36.6 Å². The number of imidazole rings is 1. The molecule has 12 heteroatoms. The van der Waals surface area contributed by atoms with Gasteiger partial charge in [0.25, 0.3) is 0 Å². The molecule has 0 bridgehead atoms. The highest BCUT2D eigenvalue weighted by Gasteiger charge is 2.32. The van der Waals surface area contributed by atoms with Crippen molar-refractivity contribution in [2.75, 3.05) is 10.7 Å². The van der Waals surface area contributed by atoms with Gasteiger partial charge in [0.2, 0.25) is 5.91 Å². The van der Waals surface area contributed by atoms with Gasteiger partial charge in [-0.05, 0) is 78.6 Å². The van der Waals surface area contributed by atoms with Gasteiger partial charge in [-0.15, -0.1) is 18.3 Å². The normalized spacial score (nSPS) is 15.2. The molecule has 0 aliphatic carbocycles. The fraction of sp³-hybridized carbons (Fsp3) is 0.194. The van der Waals surface area contributed by atoms with Crippen molar-refractivity contribution in [2.24, 2.45) is 10.2 Å². The van der Waals surface area contributed by atoms with Crippen LogP contribution >= 0.6 is 11.8 Å². The number of thioether (sulfide) groups is 1. The lowest BCUT2D eigenvalue weighted by atomic mass is 9.99. The van der Waals surface area contributed by atoms with Gasteiger partial charge < -0.3 is 4.74 Å². The lowest BCUT2D eigenvalue weighted by Gasteiger charge is -2.21. The number of amides is 1. The van der Waals surface area contributed by atoms with Crippen molar-refractivity contribution in [3.05, 3.63) is 89.9 Å². The van der Waals surface area contributed by atoms with Crippen LogP contribution < -0.4 is 9.64 Å². The van der Waals surface area contributed by atoms with Gasteiger partial charge in [0.1, 0.15) is 12.1 Å². The van der Waals surface area contributed by atoms with Crippen molar-refractivity contribution in [3.63, 3.8) is 0 Å². The molecule has 0 N–H and O–H groups in total. The predicted octanol–water partition coefficient (Wildman–Crippen LogP) is 7.37. The summed E-state index contributed by atoms with van der Waals surface area (Å²) >= 11 is 1.35. The third-order valence-corrected chi connectivity index (χ3v) is 7.81. The third-order valence-electron chi connectivity index (χ3n) is 6.90. The first-order valence-corrected chi connectivity index (χ1v) is 14.4. The van der Waals surface area contributed by atoms with Crippen LogP contribution in [0, 0.1) is 6.92 Å². The molecular formula is C31H25F3N6O2S. The van der Waals surface area contributed by atoms with E-state index in [2.05, 4.69) is 44.8 Å². The number of aromatic nitrogens is 3. The van der Waals surface area contributed by atoms with E-state index in [9.17, 15) is 18.0 Å². The Morgan fingerprint density at radius 3 is 2.58 bits per heavy atom. The zero-order valence-corrected chi connectivity index (χ0v) is 24.1. The summed E-state index contributed by atoms with van der Waals surface area (Å²) in [5, 5.41) is 9.95. The second-order valence-corrected chi connectivity index (χ2v) is 11.2. The molecule has 2 aromatic heterocycles. The van der Waals surface area contributed by atoms with Crippen LogP contribution in [0.3, 0.4) is 0 Å². The molecule has 0 atom stereocenters. The van der Waals surface area contributed by atoms with Crippen LogP contribution in [-0.2, 0) is 4.79 Å². The van der Waals surface area contributed by atoms with E-state index in [1.807, 2.05) is 37.3 Å². The zero-order chi connectivity index (χ0) is 30.3. The molecule has 43 heavy (non-hydrogen) atoms. The van der Waals surface area contributed by atoms with Crippen molar-refractivity contribution in [1.29, 1.82) is 0 Å². The Kier molecular flexibility index (Phi) is 7.38. The van der Waals surface area contributed by atoms with Crippen molar-refractivity contribution >= 4 is 56.7 Å². The number of hydrogen-bond acceptors (Lipinski definition) is 7. The number of halogens is 3. The number of hydrogen-bond donors (Lipinski definition) is 0. The van der Waals surface area contributed by atoms with Crippen LogP contribution in [0.25, 0.3) is 27.6 Å². The van der Waals surface area contributed by atoms with Crippen LogP contribution in [0.2, 0.25) is 0 Å². The molecule has 3 aromatic carbocycles. The number of nitrogens with zero attached hydrogens (tertiary/aromatic N) is 6. The summed E-state index contributed by atoms with van der Waals surface area (Å²) in [6.45, 7) is 6.18. The number of rotatable bonds is 6. The second kappa shape index (κ2) is 11.2. The van der Waals surface area contributed by atoms with Gasteiger partial charge in [-0.3, -0.25) is 14.3 Å². The van der Waals surface area contributed by atoms with E-state index in [4.69, 9.17) is 0 Å². The molecule has 0 saturated carbocycles. The quantitative estimate of drug-likeness (QED) is 0.150. The van der Waals surface area contributed by atoms with Crippen LogP contribution in [0.5, 0.6) is 5.75 Å². The molecule has 218 valence electrons. The number of alkyl halides is 3. The molecule has 0 spiro atoms. The number of fused-ring (bicyclic) bond motifs is 3. The molecule has 0 unspecified atom stereocenters. The zero-order valence-electron chi connectivity index (χ0n) is 23.3. The fourth-order valence-corrected chi connectivity index (χ4v) is 5.75. The summed E-state index contributed by atoms with van der Waals surface area (Å²) in [7, 11) is 0. The monoisotopic (exact) mass is 602 g/mol. The average Bonchev–Trinajstić information content (AvgIpc) is 3.56. The van der Waals surface area contributed by atoms with Crippen molar-refractivity contribution in [3.8, 4) is 11.4 Å². The summed E-state index contributed by atoms with van der Waals surface area (Å²) in [5.74, 6) is 0.194. The highest BCUT2D eigenvalue weighted by Crippen LogP contribution is 2.34. The predicted molar refractivity (Wildman–Crippen MR) is 163 cm³/mol. The van der Waals surface area contributed by atoms with Crippen LogP contribution in [-0.4, -0.2) is 43.9 Å². The molecule has 1 amide bonds. The van der Waals surface area contributed by atoms with E-state index in [1.165, 1.54) is 36.0 Å². The minimum atomic E-state index is -4.75. The SMILES string of the molecule is Cc1ccc(C(C)C)c(N2C(=O)CSC2=N/N=C/c2ccc3c(ccc4c3ncn4-c3ccc(OC(F)(F)F)cc3)n2)c1. The number of ether oxygens (including phenoxy) is 1. The largest absolute Gasteiger partial charge is 0.573 e. The van der Waals surface area contributed by atoms with E-state index in [1.54, 1.807) is 28.1 Å². The second-order valence-electron chi connectivity index (χ2n) is 10.3. The van der Waals surface area contributed by atoms with Crippen molar-refractivity contribution in [1.82, 2.24) is 14.5 Å². The Balaban J connectivity index is 1.26. The molecule has 0 radical (unpaired) electrons. The molecule has 8 nitrogen and oxygen atoms in total. The Bertz CT molecular complexity index is 1920. The molecule has 3 heterocycles. The molecular weight excluding hydrogens is 577 g/mol. The maximum atomic E-state index is 12.8. The summed E-state index contributed by atoms with van der Waals surface area (Å²) in [5.41, 5.74) is 6.32. The summed E-state index contributed by atoms with van der Waals surface area (Å²) < 4.78 is 43.3. The van der Waals surface area contributed by atoms with Gasteiger partial charge in [-0.1, -0.05) is 37.7 Å². The molecule has 1 saturated heterocycles. The van der Waals surface area contributed by atoms with E-state index < -0.39 is 6.36 Å². The first kappa shape index (κ1) is 28.4. The summed E-state index contributed by atoms with van der Waals surface area (Å²) in [6, 6.07) is 19.1. The molecule has 6 rings (SSSR count). The van der Waals surface area contributed by atoms with E-state index in [0.717, 1.165) is 27.7 Å². The lowest BCUT2D eigenvalue weighted by molar-refractivity contribution is -0.274. The minimum absolute atomic E-state index is 0.0377. The summed E-state index contributed by atoms with van der Waals surface area (Å²) in [4.78, 5) is 23.7. The Labute approximate surface area is 248 Å². The molecule has 1 aliphatic rings. The number of aryl methyl sites for hydroxylation is 1. The number of anilines is 1. The highest BCUT2D eigenvalue weighted by molar-refractivity contribution is 8.15. The topological polar surface area (TPSA) is 85.0 Å². The summed E-state index contributed by atoms with van der Waals surface area (Å²) in [6.07, 6.45) is -1.60. The van der Waals surface area contributed by atoms with Crippen LogP contribution in [0.4, 0.5) is 18.9 Å². The first-order chi connectivity index (χ1) is 20.6. The average molecular weight is 603 g/mol. The smallest absolute Gasteiger partial charge is 0.406 e. The fourth-order valence-electron chi connectivity index (χ4n) is 4.93. The van der Waals surface area contributed by atoms with Gasteiger partial charge in [0.15, 0.2) is 5.17 Å². The van der Waals surface area contributed by atoms with E-state index >= 15 is 0 Å². The van der Waals surface area contributed by atoms with E-state index in [-0.39, 0.29) is 17.6 Å². The number of pyridine rings is 1. The van der Waals surface area contributed by atoms with Gasteiger partial charge in [-0.2, -0.15) is 5.10 Å². The Morgan fingerprint density at radius 2 is 1.84 bits per heavy atom. The third kappa shape index (κ3) is 5.82.